The summed E-state index contributed by atoms with van der Waals surface area (Å²) in [6, 6.07) is 5.65. The van der Waals surface area contributed by atoms with Crippen LogP contribution in [0.4, 0.5) is 5.69 Å². The fourth-order valence-electron chi connectivity index (χ4n) is 1.22. The van der Waals surface area contributed by atoms with Crippen molar-refractivity contribution in [1.29, 1.82) is 5.26 Å². The summed E-state index contributed by atoms with van der Waals surface area (Å²) in [7, 11) is 1.41. The maximum Gasteiger partial charge on any atom is 0.270 e. The van der Waals surface area contributed by atoms with Crippen molar-refractivity contribution in [3.05, 3.63) is 33.9 Å². The molecule has 0 aliphatic heterocycles. The lowest BCUT2D eigenvalue weighted by Gasteiger charge is -2.03. The van der Waals surface area contributed by atoms with E-state index in [1.807, 2.05) is 0 Å². The van der Waals surface area contributed by atoms with Crippen LogP contribution in [-0.2, 0) is 4.79 Å². The van der Waals surface area contributed by atoms with E-state index in [4.69, 9.17) is 10.00 Å². The molecule has 0 aromatic heterocycles. The Morgan fingerprint density at radius 3 is 3.00 bits per heavy atom. The number of nitrogens with one attached hydrogen (secondary N) is 1. The molecule has 19 heavy (non-hydrogen) atoms. The van der Waals surface area contributed by atoms with Gasteiger partial charge in [-0.25, -0.2) is 5.43 Å². The molecule has 8 heteroatoms. The number of carbonyl (C=O) groups is 1. The number of hydrazone groups is 1. The topological polar surface area (TPSA) is 118 Å². The third-order valence-electron chi connectivity index (χ3n) is 2.06. The molecule has 0 fully saturated rings. The number of ether oxygens (including phenoxy) is 1. The number of amides is 1. The number of benzene rings is 1. The number of nitro benzene ring substituents is 1. The van der Waals surface area contributed by atoms with Crippen LogP contribution in [0.3, 0.4) is 0 Å². The number of rotatable bonds is 5. The van der Waals surface area contributed by atoms with Gasteiger partial charge in [-0.1, -0.05) is 0 Å². The Hall–Kier alpha value is -2.95. The Labute approximate surface area is 108 Å². The molecular formula is C11H10N4O4. The molecule has 1 N–H and O–H groups in total. The van der Waals surface area contributed by atoms with Gasteiger partial charge >= 0.3 is 0 Å². The van der Waals surface area contributed by atoms with Gasteiger partial charge < -0.3 is 4.74 Å². The summed E-state index contributed by atoms with van der Waals surface area (Å²) in [5.41, 5.74) is 2.34. The molecule has 0 bridgehead atoms. The predicted octanol–water partition coefficient (Wildman–Crippen LogP) is 0.967. The molecule has 1 aromatic carbocycles. The number of hydrogen-bond donors (Lipinski definition) is 1. The number of carbonyl (C=O) groups excluding carboxylic acids is 1. The van der Waals surface area contributed by atoms with Crippen LogP contribution in [0.5, 0.6) is 5.75 Å². The van der Waals surface area contributed by atoms with Crippen molar-refractivity contribution < 1.29 is 14.5 Å². The van der Waals surface area contributed by atoms with Crippen LogP contribution in [0.1, 0.15) is 12.0 Å². The highest BCUT2D eigenvalue weighted by molar-refractivity contribution is 5.86. The Bertz CT molecular complexity index is 562. The lowest BCUT2D eigenvalue weighted by atomic mass is 10.2. The minimum atomic E-state index is -0.567. The van der Waals surface area contributed by atoms with E-state index >= 15 is 0 Å². The van der Waals surface area contributed by atoms with E-state index < -0.39 is 10.8 Å². The molecule has 0 saturated heterocycles. The van der Waals surface area contributed by atoms with Gasteiger partial charge in [0.15, 0.2) is 0 Å². The van der Waals surface area contributed by atoms with Crippen LogP contribution in [-0.4, -0.2) is 24.2 Å². The third-order valence-corrected chi connectivity index (χ3v) is 2.06. The van der Waals surface area contributed by atoms with E-state index in [9.17, 15) is 14.9 Å². The van der Waals surface area contributed by atoms with Crippen molar-refractivity contribution in [2.24, 2.45) is 5.10 Å². The van der Waals surface area contributed by atoms with Crippen molar-refractivity contribution >= 4 is 17.8 Å². The first kappa shape index (κ1) is 14.1. The van der Waals surface area contributed by atoms with E-state index in [0.29, 0.717) is 11.3 Å². The molecule has 0 atom stereocenters. The zero-order valence-electron chi connectivity index (χ0n) is 9.99. The van der Waals surface area contributed by atoms with Crippen LogP contribution in [0.2, 0.25) is 0 Å². The predicted molar refractivity (Wildman–Crippen MR) is 65.6 cm³/mol. The minimum absolute atomic E-state index is 0.120. The van der Waals surface area contributed by atoms with Crippen LogP contribution < -0.4 is 10.2 Å². The van der Waals surface area contributed by atoms with Gasteiger partial charge in [-0.3, -0.25) is 14.9 Å². The summed E-state index contributed by atoms with van der Waals surface area (Å²) in [6.45, 7) is 0. The van der Waals surface area contributed by atoms with Gasteiger partial charge in [-0.15, -0.1) is 0 Å². The normalized spacial score (nSPS) is 9.89. The number of nitro groups is 1. The van der Waals surface area contributed by atoms with Gasteiger partial charge in [-0.05, 0) is 6.07 Å². The largest absolute Gasteiger partial charge is 0.496 e. The van der Waals surface area contributed by atoms with Gasteiger partial charge in [-0.2, -0.15) is 10.4 Å². The molecule has 1 amide bonds. The van der Waals surface area contributed by atoms with Crippen molar-refractivity contribution in [2.75, 3.05) is 7.11 Å². The first-order chi connectivity index (χ1) is 9.08. The molecule has 0 spiro atoms. The number of hydrogen-bond acceptors (Lipinski definition) is 6. The van der Waals surface area contributed by atoms with Gasteiger partial charge in [0, 0.05) is 17.7 Å². The molecule has 1 rings (SSSR count). The monoisotopic (exact) mass is 262 g/mol. The van der Waals surface area contributed by atoms with Gasteiger partial charge in [0.25, 0.3) is 11.6 Å². The molecule has 0 aliphatic carbocycles. The quantitative estimate of drug-likeness (QED) is 0.481. The molecule has 0 heterocycles. The Morgan fingerprint density at radius 2 is 2.42 bits per heavy atom. The van der Waals surface area contributed by atoms with E-state index in [2.05, 4.69) is 10.5 Å². The number of nitriles is 1. The summed E-state index contributed by atoms with van der Waals surface area (Å²) >= 11 is 0. The van der Waals surface area contributed by atoms with Crippen LogP contribution in [0.25, 0.3) is 0 Å². The highest BCUT2D eigenvalue weighted by atomic mass is 16.6. The first-order valence-electron chi connectivity index (χ1n) is 5.09. The lowest BCUT2D eigenvalue weighted by Crippen LogP contribution is -2.16. The average Bonchev–Trinajstić information content (AvgIpc) is 2.38. The second-order valence-corrected chi connectivity index (χ2v) is 3.31. The highest BCUT2D eigenvalue weighted by Crippen LogP contribution is 2.22. The van der Waals surface area contributed by atoms with Crippen molar-refractivity contribution in [1.82, 2.24) is 5.43 Å². The summed E-state index contributed by atoms with van der Waals surface area (Å²) in [5, 5.41) is 22.5. The standard InChI is InChI=1S/C11H10N4O4/c1-19-10-3-2-9(15(17)18)6-8(10)7-13-14-11(16)4-5-12/h2-3,6-7H,4H2,1H3,(H,14,16)/b13-7-. The minimum Gasteiger partial charge on any atom is -0.496 e. The Morgan fingerprint density at radius 1 is 1.68 bits per heavy atom. The van der Waals surface area contributed by atoms with Gasteiger partial charge in [0.1, 0.15) is 12.2 Å². The van der Waals surface area contributed by atoms with Crippen LogP contribution in [0, 0.1) is 21.4 Å². The second kappa shape index (κ2) is 6.70. The van der Waals surface area contributed by atoms with Crippen LogP contribution >= 0.6 is 0 Å². The van der Waals surface area contributed by atoms with E-state index in [-0.39, 0.29) is 12.1 Å². The molecule has 1 aromatic rings. The van der Waals surface area contributed by atoms with Crippen LogP contribution in [0.15, 0.2) is 23.3 Å². The summed E-state index contributed by atoms with van der Waals surface area (Å²) in [4.78, 5) is 21.1. The molecular weight excluding hydrogens is 252 g/mol. The van der Waals surface area contributed by atoms with E-state index in [1.54, 1.807) is 6.07 Å². The summed E-state index contributed by atoms with van der Waals surface area (Å²) in [5.74, 6) is -0.188. The fourth-order valence-corrected chi connectivity index (χ4v) is 1.22. The van der Waals surface area contributed by atoms with Gasteiger partial charge in [0.05, 0.1) is 24.3 Å². The van der Waals surface area contributed by atoms with Crippen molar-refractivity contribution in [2.45, 2.75) is 6.42 Å². The maximum atomic E-state index is 11.0. The third kappa shape index (κ3) is 4.08. The fraction of sp³-hybridized carbons (Fsp3) is 0.182. The maximum absolute atomic E-state index is 11.0. The Balaban J connectivity index is 2.89. The highest BCUT2D eigenvalue weighted by Gasteiger charge is 2.09. The second-order valence-electron chi connectivity index (χ2n) is 3.31. The molecule has 0 aliphatic rings. The molecule has 0 radical (unpaired) electrons. The Kier molecular flexibility index (Phi) is 4.98. The summed E-state index contributed by atoms with van der Waals surface area (Å²) in [6.07, 6.45) is 0.893. The molecule has 98 valence electrons. The first-order valence-corrected chi connectivity index (χ1v) is 5.09. The smallest absolute Gasteiger partial charge is 0.270 e. The van der Waals surface area contributed by atoms with E-state index in [1.165, 1.54) is 31.5 Å². The lowest BCUT2D eigenvalue weighted by molar-refractivity contribution is -0.384. The number of non-ortho nitro benzene ring substituents is 1. The summed E-state index contributed by atoms with van der Waals surface area (Å²) < 4.78 is 5.01. The van der Waals surface area contributed by atoms with Gasteiger partial charge in [0.2, 0.25) is 0 Å². The number of methoxy groups -OCH3 is 1. The molecule has 8 nitrogen and oxygen atoms in total. The zero-order chi connectivity index (χ0) is 14.3. The number of nitrogens with zero attached hydrogens (tertiary/aromatic N) is 3. The average molecular weight is 262 g/mol. The SMILES string of the molecule is COc1ccc([N+](=O)[O-])cc1/C=N\NC(=O)CC#N. The van der Waals surface area contributed by atoms with Crippen molar-refractivity contribution in [3.63, 3.8) is 0 Å². The molecule has 0 saturated carbocycles. The van der Waals surface area contributed by atoms with Crippen molar-refractivity contribution in [3.8, 4) is 11.8 Å². The zero-order valence-corrected chi connectivity index (χ0v) is 9.99. The molecule has 0 unspecified atom stereocenters. The van der Waals surface area contributed by atoms with E-state index in [0.717, 1.165) is 0 Å².